The molecule has 0 saturated carbocycles. The van der Waals surface area contributed by atoms with Crippen LogP contribution in [0.4, 0.5) is 17.3 Å². The molecule has 0 unspecified atom stereocenters. The van der Waals surface area contributed by atoms with E-state index in [1.165, 1.54) is 18.2 Å². The lowest BCUT2D eigenvalue weighted by molar-refractivity contribution is 0.601. The molecule has 2 N–H and O–H groups in total. The molecule has 25 heavy (non-hydrogen) atoms. The van der Waals surface area contributed by atoms with Gasteiger partial charge in [0.15, 0.2) is 11.6 Å². The molecule has 0 spiro atoms. The van der Waals surface area contributed by atoms with Gasteiger partial charge < -0.3 is 5.32 Å². The molecule has 8 heteroatoms. The summed E-state index contributed by atoms with van der Waals surface area (Å²) in [6, 6.07) is 17.1. The first-order chi connectivity index (χ1) is 11.9. The molecule has 0 fully saturated rings. The van der Waals surface area contributed by atoms with Gasteiger partial charge in [-0.3, -0.25) is 4.72 Å². The van der Waals surface area contributed by atoms with Crippen LogP contribution in [0.25, 0.3) is 0 Å². The minimum Gasteiger partial charge on any atom is -0.339 e. The minimum atomic E-state index is -3.83. The van der Waals surface area contributed by atoms with Crippen molar-refractivity contribution in [3.8, 4) is 0 Å². The van der Waals surface area contributed by atoms with Crippen LogP contribution in [0.2, 0.25) is 5.02 Å². The monoisotopic (exact) mass is 374 g/mol. The van der Waals surface area contributed by atoms with Crippen LogP contribution >= 0.6 is 11.6 Å². The van der Waals surface area contributed by atoms with Gasteiger partial charge >= 0.3 is 0 Å². The van der Waals surface area contributed by atoms with E-state index < -0.39 is 10.0 Å². The van der Waals surface area contributed by atoms with Gasteiger partial charge in [-0.15, -0.1) is 10.2 Å². The molecule has 0 aliphatic heterocycles. The van der Waals surface area contributed by atoms with Crippen molar-refractivity contribution < 1.29 is 8.42 Å². The summed E-state index contributed by atoms with van der Waals surface area (Å²) in [4.78, 5) is -0.0135. The molecule has 6 nitrogen and oxygen atoms in total. The third-order valence-electron chi connectivity index (χ3n) is 3.32. The SMILES string of the molecule is Cc1cccc(Nc2ccc(NS(=O)(=O)c3ccccc3Cl)nn2)c1. The number of rotatable bonds is 5. The van der Waals surface area contributed by atoms with Gasteiger partial charge in [0.1, 0.15) is 4.90 Å². The summed E-state index contributed by atoms with van der Waals surface area (Å²) in [5.41, 5.74) is 1.99. The Balaban J connectivity index is 1.75. The molecule has 0 bridgehead atoms. The summed E-state index contributed by atoms with van der Waals surface area (Å²) in [6.07, 6.45) is 0. The normalized spacial score (nSPS) is 11.1. The van der Waals surface area contributed by atoms with E-state index in [1.54, 1.807) is 18.2 Å². The van der Waals surface area contributed by atoms with E-state index in [-0.39, 0.29) is 15.7 Å². The van der Waals surface area contributed by atoms with Crippen molar-refractivity contribution in [1.82, 2.24) is 10.2 Å². The number of benzene rings is 2. The lowest BCUT2D eigenvalue weighted by atomic mass is 10.2. The second-order valence-corrected chi connectivity index (χ2v) is 7.39. The quantitative estimate of drug-likeness (QED) is 0.705. The van der Waals surface area contributed by atoms with Gasteiger partial charge in [0.2, 0.25) is 0 Å². The van der Waals surface area contributed by atoms with E-state index in [2.05, 4.69) is 20.2 Å². The van der Waals surface area contributed by atoms with E-state index in [4.69, 9.17) is 11.6 Å². The molecular formula is C17H15ClN4O2S. The molecule has 1 aromatic heterocycles. The summed E-state index contributed by atoms with van der Waals surface area (Å²) in [6.45, 7) is 1.99. The smallest absolute Gasteiger partial charge is 0.264 e. The van der Waals surface area contributed by atoms with Gasteiger partial charge in [-0.2, -0.15) is 0 Å². The highest BCUT2D eigenvalue weighted by molar-refractivity contribution is 7.92. The van der Waals surface area contributed by atoms with Crippen LogP contribution in [0.1, 0.15) is 5.56 Å². The second kappa shape index (κ2) is 7.08. The van der Waals surface area contributed by atoms with Gasteiger partial charge in [-0.1, -0.05) is 35.9 Å². The zero-order valence-electron chi connectivity index (χ0n) is 13.3. The van der Waals surface area contributed by atoms with Crippen molar-refractivity contribution in [2.24, 2.45) is 0 Å². The van der Waals surface area contributed by atoms with Crippen molar-refractivity contribution in [3.05, 3.63) is 71.2 Å². The van der Waals surface area contributed by atoms with Gasteiger partial charge in [0, 0.05) is 5.69 Å². The molecule has 0 saturated heterocycles. The summed E-state index contributed by atoms with van der Waals surface area (Å²) in [5, 5.41) is 11.1. The fourth-order valence-corrected chi connectivity index (χ4v) is 3.70. The molecule has 0 radical (unpaired) electrons. The van der Waals surface area contributed by atoms with E-state index in [1.807, 2.05) is 31.2 Å². The number of sulfonamides is 1. The van der Waals surface area contributed by atoms with Crippen LogP contribution < -0.4 is 10.0 Å². The van der Waals surface area contributed by atoms with E-state index >= 15 is 0 Å². The molecule has 0 amide bonds. The number of aryl methyl sites for hydroxylation is 1. The molecule has 3 aromatic rings. The second-order valence-electron chi connectivity index (χ2n) is 5.33. The zero-order valence-corrected chi connectivity index (χ0v) is 14.8. The molecule has 128 valence electrons. The highest BCUT2D eigenvalue weighted by Crippen LogP contribution is 2.23. The first-order valence-electron chi connectivity index (χ1n) is 7.39. The molecule has 2 aromatic carbocycles. The van der Waals surface area contributed by atoms with E-state index in [0.717, 1.165) is 11.3 Å². The molecule has 1 heterocycles. The van der Waals surface area contributed by atoms with Gasteiger partial charge in [-0.25, -0.2) is 8.42 Å². The molecule has 3 rings (SSSR count). The van der Waals surface area contributed by atoms with Crippen LogP contribution in [0, 0.1) is 6.92 Å². The largest absolute Gasteiger partial charge is 0.339 e. The molecular weight excluding hydrogens is 360 g/mol. The lowest BCUT2D eigenvalue weighted by Crippen LogP contribution is -2.14. The highest BCUT2D eigenvalue weighted by atomic mass is 35.5. The maximum Gasteiger partial charge on any atom is 0.264 e. The van der Waals surface area contributed by atoms with E-state index in [0.29, 0.717) is 5.82 Å². The predicted molar refractivity (Wildman–Crippen MR) is 98.8 cm³/mol. The maximum atomic E-state index is 12.4. The number of nitrogens with zero attached hydrogens (tertiary/aromatic N) is 2. The van der Waals surface area contributed by atoms with Crippen molar-refractivity contribution in [2.75, 3.05) is 10.0 Å². The number of aromatic nitrogens is 2. The Bertz CT molecular complexity index is 992. The minimum absolute atomic E-state index is 0.0135. The Kier molecular flexibility index (Phi) is 4.87. The predicted octanol–water partition coefficient (Wildman–Crippen LogP) is 3.98. The molecule has 0 atom stereocenters. The number of nitrogens with one attached hydrogen (secondary N) is 2. The third-order valence-corrected chi connectivity index (χ3v) is 5.17. The van der Waals surface area contributed by atoms with Gasteiger partial charge in [-0.05, 0) is 48.9 Å². The van der Waals surface area contributed by atoms with Crippen LogP contribution in [-0.2, 0) is 10.0 Å². The van der Waals surface area contributed by atoms with Crippen molar-refractivity contribution in [3.63, 3.8) is 0 Å². The Morgan fingerprint density at radius 2 is 1.64 bits per heavy atom. The zero-order chi connectivity index (χ0) is 17.9. The first kappa shape index (κ1) is 17.2. The van der Waals surface area contributed by atoms with Crippen LogP contribution in [-0.4, -0.2) is 18.6 Å². The Hall–Kier alpha value is -2.64. The number of hydrogen-bond donors (Lipinski definition) is 2. The van der Waals surface area contributed by atoms with Crippen molar-refractivity contribution in [1.29, 1.82) is 0 Å². The Morgan fingerprint density at radius 1 is 0.920 bits per heavy atom. The molecule has 0 aliphatic rings. The van der Waals surface area contributed by atoms with Crippen LogP contribution in [0.3, 0.4) is 0 Å². The topological polar surface area (TPSA) is 84.0 Å². The van der Waals surface area contributed by atoms with Crippen molar-refractivity contribution in [2.45, 2.75) is 11.8 Å². The van der Waals surface area contributed by atoms with Crippen molar-refractivity contribution >= 4 is 38.9 Å². The van der Waals surface area contributed by atoms with Gasteiger partial charge in [0.25, 0.3) is 10.0 Å². The fourth-order valence-electron chi connectivity index (χ4n) is 2.18. The number of halogens is 1. The summed E-state index contributed by atoms with van der Waals surface area (Å²) in [7, 11) is -3.83. The fraction of sp³-hybridized carbons (Fsp3) is 0.0588. The lowest BCUT2D eigenvalue weighted by Gasteiger charge is -2.09. The number of anilines is 3. The maximum absolute atomic E-state index is 12.4. The average molecular weight is 375 g/mol. The first-order valence-corrected chi connectivity index (χ1v) is 9.25. The third kappa shape index (κ3) is 4.26. The summed E-state index contributed by atoms with van der Waals surface area (Å²) < 4.78 is 27.1. The van der Waals surface area contributed by atoms with Gasteiger partial charge in [0.05, 0.1) is 5.02 Å². The summed E-state index contributed by atoms with van der Waals surface area (Å²) in [5.74, 6) is 0.612. The Labute approximate surface area is 150 Å². The molecule has 0 aliphatic carbocycles. The Morgan fingerprint density at radius 3 is 2.32 bits per heavy atom. The average Bonchev–Trinajstić information content (AvgIpc) is 2.57. The van der Waals surface area contributed by atoms with Crippen LogP contribution in [0.15, 0.2) is 65.6 Å². The standard InChI is InChI=1S/C17H15ClN4O2S/c1-12-5-4-6-13(11-12)19-16-9-10-17(21-20-16)22-25(23,24)15-8-3-2-7-14(15)18/h2-11H,1H3,(H,19,20)(H,21,22). The van der Waals surface area contributed by atoms with E-state index in [9.17, 15) is 8.42 Å². The van der Waals surface area contributed by atoms with Crippen LogP contribution in [0.5, 0.6) is 0 Å². The highest BCUT2D eigenvalue weighted by Gasteiger charge is 2.18. The number of hydrogen-bond acceptors (Lipinski definition) is 5. The summed E-state index contributed by atoms with van der Waals surface area (Å²) >= 11 is 5.94.